The van der Waals surface area contributed by atoms with Crippen LogP contribution in [-0.2, 0) is 18.3 Å². The molecule has 6 nitrogen and oxygen atoms in total. The summed E-state index contributed by atoms with van der Waals surface area (Å²) in [6, 6.07) is 5.50. The minimum Gasteiger partial charge on any atom is -0.497 e. The van der Waals surface area contributed by atoms with Crippen molar-refractivity contribution in [3.05, 3.63) is 41.4 Å². The first-order valence-corrected chi connectivity index (χ1v) is 7.24. The van der Waals surface area contributed by atoms with Crippen LogP contribution in [0, 0.1) is 13.8 Å². The summed E-state index contributed by atoms with van der Waals surface area (Å²) in [5.41, 5.74) is 2.98. The van der Waals surface area contributed by atoms with Crippen molar-refractivity contribution in [2.75, 3.05) is 7.11 Å². The number of methoxy groups -OCH3 is 1. The van der Waals surface area contributed by atoms with Gasteiger partial charge in [-0.2, -0.15) is 5.10 Å². The van der Waals surface area contributed by atoms with E-state index < -0.39 is 0 Å². The Labute approximate surface area is 133 Å². The first kappa shape index (κ1) is 15.1. The molecule has 3 aromatic rings. The van der Waals surface area contributed by atoms with Gasteiger partial charge in [-0.05, 0) is 26.0 Å². The number of furan rings is 1. The molecule has 2 heterocycles. The van der Waals surface area contributed by atoms with E-state index >= 15 is 0 Å². The topological polar surface area (TPSA) is 66.5 Å². The SMILES string of the molecule is COc1ccc2c(CC(=O)Oc3c(C)nn(C)c3C)coc2c1. The zero-order valence-corrected chi connectivity index (χ0v) is 13.5. The van der Waals surface area contributed by atoms with E-state index in [1.54, 1.807) is 24.1 Å². The second-order valence-electron chi connectivity index (χ2n) is 5.40. The number of hydrogen-bond donors (Lipinski definition) is 0. The first-order chi connectivity index (χ1) is 11.0. The average molecular weight is 314 g/mol. The van der Waals surface area contributed by atoms with Crippen LogP contribution in [0.1, 0.15) is 17.0 Å². The molecule has 0 unspecified atom stereocenters. The zero-order chi connectivity index (χ0) is 16.6. The summed E-state index contributed by atoms with van der Waals surface area (Å²) < 4.78 is 17.8. The number of benzene rings is 1. The molecule has 0 aliphatic carbocycles. The number of aryl methyl sites for hydroxylation is 2. The fourth-order valence-corrected chi connectivity index (χ4v) is 2.53. The Morgan fingerprint density at radius 3 is 2.78 bits per heavy atom. The van der Waals surface area contributed by atoms with Crippen LogP contribution in [0.5, 0.6) is 11.5 Å². The van der Waals surface area contributed by atoms with Gasteiger partial charge >= 0.3 is 5.97 Å². The van der Waals surface area contributed by atoms with Gasteiger partial charge in [-0.15, -0.1) is 0 Å². The number of esters is 1. The average Bonchev–Trinajstić information content (AvgIpc) is 3.03. The van der Waals surface area contributed by atoms with Gasteiger partial charge in [0, 0.05) is 24.1 Å². The highest BCUT2D eigenvalue weighted by Crippen LogP contribution is 2.27. The third-order valence-corrected chi connectivity index (χ3v) is 3.86. The third kappa shape index (κ3) is 2.79. The molecule has 2 aromatic heterocycles. The van der Waals surface area contributed by atoms with Crippen molar-refractivity contribution in [1.29, 1.82) is 0 Å². The zero-order valence-electron chi connectivity index (χ0n) is 13.5. The van der Waals surface area contributed by atoms with Gasteiger partial charge in [-0.3, -0.25) is 9.48 Å². The van der Waals surface area contributed by atoms with E-state index in [2.05, 4.69) is 5.10 Å². The molecule has 0 fully saturated rings. The lowest BCUT2D eigenvalue weighted by Gasteiger charge is -2.04. The first-order valence-electron chi connectivity index (χ1n) is 7.24. The molecular formula is C17H18N2O4. The van der Waals surface area contributed by atoms with Gasteiger partial charge in [-0.1, -0.05) is 0 Å². The minimum atomic E-state index is -0.345. The van der Waals surface area contributed by atoms with E-state index in [0.717, 1.165) is 16.6 Å². The molecule has 0 N–H and O–H groups in total. The van der Waals surface area contributed by atoms with Gasteiger partial charge in [0.05, 0.1) is 25.5 Å². The Kier molecular flexibility index (Phi) is 3.82. The second-order valence-corrected chi connectivity index (χ2v) is 5.40. The number of aromatic nitrogens is 2. The lowest BCUT2D eigenvalue weighted by atomic mass is 10.1. The molecule has 6 heteroatoms. The van der Waals surface area contributed by atoms with Gasteiger partial charge in [0.2, 0.25) is 0 Å². The van der Waals surface area contributed by atoms with E-state index in [1.807, 2.05) is 33.0 Å². The number of nitrogens with zero attached hydrogens (tertiary/aromatic N) is 2. The summed E-state index contributed by atoms with van der Waals surface area (Å²) >= 11 is 0. The largest absolute Gasteiger partial charge is 0.497 e. The molecule has 1 aromatic carbocycles. The maximum Gasteiger partial charge on any atom is 0.315 e. The highest BCUT2D eigenvalue weighted by molar-refractivity contribution is 5.87. The van der Waals surface area contributed by atoms with Crippen molar-refractivity contribution in [2.24, 2.45) is 7.05 Å². The van der Waals surface area contributed by atoms with Crippen molar-refractivity contribution < 1.29 is 18.7 Å². The van der Waals surface area contributed by atoms with Gasteiger partial charge in [0.25, 0.3) is 0 Å². The van der Waals surface area contributed by atoms with E-state index in [1.165, 1.54) is 0 Å². The molecule has 120 valence electrons. The van der Waals surface area contributed by atoms with Crippen LogP contribution in [0.15, 0.2) is 28.9 Å². The smallest absolute Gasteiger partial charge is 0.315 e. The monoisotopic (exact) mass is 314 g/mol. The van der Waals surface area contributed by atoms with Crippen LogP contribution in [-0.4, -0.2) is 22.9 Å². The number of ether oxygens (including phenoxy) is 2. The summed E-state index contributed by atoms with van der Waals surface area (Å²) in [5.74, 6) is 0.886. The van der Waals surface area contributed by atoms with Crippen molar-refractivity contribution >= 4 is 16.9 Å². The molecule has 0 saturated carbocycles. The number of rotatable bonds is 4. The van der Waals surface area contributed by atoms with Crippen LogP contribution in [0.2, 0.25) is 0 Å². The number of carbonyl (C=O) groups excluding carboxylic acids is 1. The predicted octanol–water partition coefficient (Wildman–Crippen LogP) is 2.94. The van der Waals surface area contributed by atoms with E-state index in [0.29, 0.717) is 22.8 Å². The summed E-state index contributed by atoms with van der Waals surface area (Å²) in [6.07, 6.45) is 1.71. The van der Waals surface area contributed by atoms with Crippen LogP contribution in [0.3, 0.4) is 0 Å². The lowest BCUT2D eigenvalue weighted by molar-refractivity contribution is -0.133. The molecule has 3 rings (SSSR count). The fourth-order valence-electron chi connectivity index (χ4n) is 2.53. The summed E-state index contributed by atoms with van der Waals surface area (Å²) in [4.78, 5) is 12.2. The van der Waals surface area contributed by atoms with Crippen molar-refractivity contribution in [2.45, 2.75) is 20.3 Å². The lowest BCUT2D eigenvalue weighted by Crippen LogP contribution is -2.12. The molecule has 0 atom stereocenters. The number of carbonyl (C=O) groups is 1. The van der Waals surface area contributed by atoms with Gasteiger partial charge in [0.1, 0.15) is 17.0 Å². The number of fused-ring (bicyclic) bond motifs is 1. The molecule has 0 aliphatic rings. The maximum atomic E-state index is 12.2. The maximum absolute atomic E-state index is 12.2. The fraction of sp³-hybridized carbons (Fsp3) is 0.294. The van der Waals surface area contributed by atoms with Crippen LogP contribution >= 0.6 is 0 Å². The van der Waals surface area contributed by atoms with E-state index in [4.69, 9.17) is 13.9 Å². The Morgan fingerprint density at radius 1 is 1.35 bits per heavy atom. The van der Waals surface area contributed by atoms with Crippen LogP contribution < -0.4 is 9.47 Å². The Morgan fingerprint density at radius 2 is 2.13 bits per heavy atom. The molecule has 0 spiro atoms. The molecule has 0 saturated heterocycles. The Bertz CT molecular complexity index is 876. The predicted molar refractivity (Wildman–Crippen MR) is 84.8 cm³/mol. The second kappa shape index (κ2) is 5.79. The Hall–Kier alpha value is -2.76. The molecule has 23 heavy (non-hydrogen) atoms. The van der Waals surface area contributed by atoms with Gasteiger partial charge in [-0.25, -0.2) is 0 Å². The highest BCUT2D eigenvalue weighted by atomic mass is 16.5. The summed E-state index contributed by atoms with van der Waals surface area (Å²) in [5, 5.41) is 5.11. The van der Waals surface area contributed by atoms with Gasteiger partial charge < -0.3 is 13.9 Å². The molecular weight excluding hydrogens is 296 g/mol. The van der Waals surface area contributed by atoms with Crippen molar-refractivity contribution in [1.82, 2.24) is 9.78 Å². The summed E-state index contributed by atoms with van der Waals surface area (Å²) in [6.45, 7) is 3.68. The quantitative estimate of drug-likeness (QED) is 0.693. The van der Waals surface area contributed by atoms with E-state index in [9.17, 15) is 4.79 Å². The van der Waals surface area contributed by atoms with E-state index in [-0.39, 0.29) is 12.4 Å². The molecule has 0 bridgehead atoms. The van der Waals surface area contributed by atoms with Gasteiger partial charge in [0.15, 0.2) is 5.75 Å². The van der Waals surface area contributed by atoms with Crippen LogP contribution in [0.25, 0.3) is 11.0 Å². The van der Waals surface area contributed by atoms with Crippen molar-refractivity contribution in [3.63, 3.8) is 0 Å². The molecule has 0 aliphatic heterocycles. The number of hydrogen-bond acceptors (Lipinski definition) is 5. The molecule has 0 amide bonds. The molecule has 0 radical (unpaired) electrons. The normalized spacial score (nSPS) is 11.0. The Balaban J connectivity index is 1.80. The van der Waals surface area contributed by atoms with Crippen molar-refractivity contribution in [3.8, 4) is 11.5 Å². The van der Waals surface area contributed by atoms with Crippen LogP contribution in [0.4, 0.5) is 0 Å². The highest BCUT2D eigenvalue weighted by Gasteiger charge is 2.17. The standard InChI is InChI=1S/C17H18N2O4/c1-10-17(11(2)19(3)18-10)23-16(20)7-12-9-22-15-8-13(21-4)5-6-14(12)15/h5-6,8-9H,7H2,1-4H3. The third-order valence-electron chi connectivity index (χ3n) is 3.86. The minimum absolute atomic E-state index is 0.132. The summed E-state index contributed by atoms with van der Waals surface area (Å²) in [7, 11) is 3.41.